The van der Waals surface area contributed by atoms with E-state index in [0.29, 0.717) is 25.1 Å². The van der Waals surface area contributed by atoms with E-state index in [0.717, 1.165) is 0 Å². The largest absolute Gasteiger partial charge is 0.506 e. The standard InChI is InChI=1S/C11H14ClNO3/c1-16-6-2-3-11(15)13-8-4-5-10(14)9(12)7-8/h4-5,7,14H,2-3,6H2,1H3,(H,13,15). The average Bonchev–Trinajstić information content (AvgIpc) is 2.24. The SMILES string of the molecule is COCCCC(=O)Nc1ccc(O)c(Cl)c1. The van der Waals surface area contributed by atoms with E-state index in [9.17, 15) is 9.90 Å². The molecular formula is C11H14ClNO3. The number of nitrogens with one attached hydrogen (secondary N) is 1. The van der Waals surface area contributed by atoms with E-state index in [2.05, 4.69) is 5.32 Å². The zero-order valence-corrected chi connectivity index (χ0v) is 9.75. The fourth-order valence-electron chi connectivity index (χ4n) is 1.19. The zero-order valence-electron chi connectivity index (χ0n) is 9.00. The Morgan fingerprint density at radius 3 is 2.94 bits per heavy atom. The Kier molecular flexibility index (Phi) is 5.08. The van der Waals surface area contributed by atoms with Gasteiger partial charge < -0.3 is 15.2 Å². The number of rotatable bonds is 5. The number of carbonyl (C=O) groups excluding carboxylic acids is 1. The van der Waals surface area contributed by atoms with Gasteiger partial charge in [-0.15, -0.1) is 0 Å². The maximum Gasteiger partial charge on any atom is 0.224 e. The molecule has 0 fully saturated rings. The van der Waals surface area contributed by atoms with E-state index >= 15 is 0 Å². The number of benzene rings is 1. The highest BCUT2D eigenvalue weighted by Gasteiger charge is 2.04. The number of anilines is 1. The molecule has 0 aliphatic heterocycles. The highest BCUT2D eigenvalue weighted by molar-refractivity contribution is 6.32. The number of amides is 1. The van der Waals surface area contributed by atoms with Gasteiger partial charge >= 0.3 is 0 Å². The van der Waals surface area contributed by atoms with Gasteiger partial charge in [-0.2, -0.15) is 0 Å². The van der Waals surface area contributed by atoms with Crippen LogP contribution in [0.3, 0.4) is 0 Å². The van der Waals surface area contributed by atoms with Crippen molar-refractivity contribution in [3.63, 3.8) is 0 Å². The van der Waals surface area contributed by atoms with Crippen molar-refractivity contribution in [2.24, 2.45) is 0 Å². The van der Waals surface area contributed by atoms with Crippen molar-refractivity contribution in [3.05, 3.63) is 23.2 Å². The van der Waals surface area contributed by atoms with Crippen LogP contribution in [0.5, 0.6) is 5.75 Å². The highest BCUT2D eigenvalue weighted by atomic mass is 35.5. The summed E-state index contributed by atoms with van der Waals surface area (Å²) in [6.45, 7) is 0.559. The minimum absolute atomic E-state index is 0.000881. The van der Waals surface area contributed by atoms with Gasteiger partial charge in [0.2, 0.25) is 5.91 Å². The maximum atomic E-state index is 11.4. The minimum Gasteiger partial charge on any atom is -0.506 e. The van der Waals surface area contributed by atoms with Crippen LogP contribution in [0.1, 0.15) is 12.8 Å². The summed E-state index contributed by atoms with van der Waals surface area (Å²) in [4.78, 5) is 11.4. The fourth-order valence-corrected chi connectivity index (χ4v) is 1.37. The molecule has 1 rings (SSSR count). The second-order valence-corrected chi connectivity index (χ2v) is 3.72. The molecule has 0 saturated carbocycles. The van der Waals surface area contributed by atoms with Gasteiger partial charge in [0.15, 0.2) is 0 Å². The van der Waals surface area contributed by atoms with Crippen molar-refractivity contribution in [3.8, 4) is 5.75 Å². The van der Waals surface area contributed by atoms with E-state index < -0.39 is 0 Å². The number of phenolic OH excluding ortho intramolecular Hbond substituents is 1. The third-order valence-corrected chi connectivity index (χ3v) is 2.29. The molecule has 16 heavy (non-hydrogen) atoms. The van der Waals surface area contributed by atoms with Crippen molar-refractivity contribution >= 4 is 23.2 Å². The number of carbonyl (C=O) groups is 1. The smallest absolute Gasteiger partial charge is 0.224 e. The van der Waals surface area contributed by atoms with E-state index in [4.69, 9.17) is 16.3 Å². The normalized spacial score (nSPS) is 10.1. The average molecular weight is 244 g/mol. The number of hydrogen-bond acceptors (Lipinski definition) is 3. The maximum absolute atomic E-state index is 11.4. The summed E-state index contributed by atoms with van der Waals surface area (Å²) in [5, 5.41) is 12.1. The molecule has 4 nitrogen and oxygen atoms in total. The molecular weight excluding hydrogens is 230 g/mol. The van der Waals surface area contributed by atoms with Crippen molar-refractivity contribution < 1.29 is 14.6 Å². The van der Waals surface area contributed by atoms with Crippen molar-refractivity contribution in [2.75, 3.05) is 19.0 Å². The van der Waals surface area contributed by atoms with Crippen LogP contribution in [0.25, 0.3) is 0 Å². The van der Waals surface area contributed by atoms with Crippen LogP contribution in [-0.4, -0.2) is 24.7 Å². The first-order chi connectivity index (χ1) is 7.63. The Morgan fingerprint density at radius 2 is 2.31 bits per heavy atom. The molecule has 0 aliphatic carbocycles. The number of phenols is 1. The summed E-state index contributed by atoms with van der Waals surface area (Å²) in [6.07, 6.45) is 1.07. The third kappa shape index (κ3) is 4.08. The van der Waals surface area contributed by atoms with Gasteiger partial charge in [0.25, 0.3) is 0 Å². The van der Waals surface area contributed by atoms with E-state index in [1.165, 1.54) is 12.1 Å². The van der Waals surface area contributed by atoms with Gasteiger partial charge in [-0.3, -0.25) is 4.79 Å². The lowest BCUT2D eigenvalue weighted by Crippen LogP contribution is -2.11. The molecule has 0 atom stereocenters. The molecule has 1 aromatic carbocycles. The Hall–Kier alpha value is -1.26. The summed E-state index contributed by atoms with van der Waals surface area (Å²) in [6, 6.07) is 4.54. The third-order valence-electron chi connectivity index (χ3n) is 1.98. The molecule has 0 radical (unpaired) electrons. The lowest BCUT2D eigenvalue weighted by molar-refractivity contribution is -0.116. The number of aromatic hydroxyl groups is 1. The Labute approximate surface area is 99.2 Å². The minimum atomic E-state index is -0.0983. The van der Waals surface area contributed by atoms with Crippen LogP contribution >= 0.6 is 11.6 Å². The first kappa shape index (κ1) is 12.8. The van der Waals surface area contributed by atoms with Gasteiger partial charge in [-0.25, -0.2) is 0 Å². The summed E-state index contributed by atoms with van der Waals surface area (Å²) >= 11 is 5.70. The topological polar surface area (TPSA) is 58.6 Å². The molecule has 0 aromatic heterocycles. The van der Waals surface area contributed by atoms with Crippen molar-refractivity contribution in [1.29, 1.82) is 0 Å². The van der Waals surface area contributed by atoms with Crippen LogP contribution in [0.4, 0.5) is 5.69 Å². The molecule has 1 aromatic rings. The van der Waals surface area contributed by atoms with Gasteiger partial charge in [-0.1, -0.05) is 11.6 Å². The van der Waals surface area contributed by atoms with Crippen LogP contribution in [0, 0.1) is 0 Å². The fraction of sp³-hybridized carbons (Fsp3) is 0.364. The van der Waals surface area contributed by atoms with Crippen molar-refractivity contribution in [2.45, 2.75) is 12.8 Å². The molecule has 5 heteroatoms. The van der Waals surface area contributed by atoms with Crippen LogP contribution in [0.2, 0.25) is 5.02 Å². The molecule has 1 amide bonds. The predicted molar refractivity (Wildman–Crippen MR) is 62.9 cm³/mol. The molecule has 0 aliphatic rings. The second-order valence-electron chi connectivity index (χ2n) is 3.31. The zero-order chi connectivity index (χ0) is 12.0. The summed E-state index contributed by atoms with van der Waals surface area (Å²) in [5.74, 6) is -0.0992. The number of halogens is 1. The Morgan fingerprint density at radius 1 is 1.56 bits per heavy atom. The number of ether oxygens (including phenoxy) is 1. The molecule has 88 valence electrons. The van der Waals surface area contributed by atoms with E-state index in [-0.39, 0.29) is 16.7 Å². The molecule has 0 spiro atoms. The van der Waals surface area contributed by atoms with Crippen molar-refractivity contribution in [1.82, 2.24) is 0 Å². The first-order valence-electron chi connectivity index (χ1n) is 4.91. The van der Waals surface area contributed by atoms with E-state index in [1.54, 1.807) is 13.2 Å². The van der Waals surface area contributed by atoms with Gasteiger partial charge in [-0.05, 0) is 24.6 Å². The predicted octanol–water partition coefficient (Wildman–Crippen LogP) is 2.41. The van der Waals surface area contributed by atoms with Gasteiger partial charge in [0, 0.05) is 25.8 Å². The molecule has 0 bridgehead atoms. The first-order valence-corrected chi connectivity index (χ1v) is 5.28. The summed E-state index contributed by atoms with van der Waals surface area (Å²) < 4.78 is 4.84. The second kappa shape index (κ2) is 6.35. The quantitative estimate of drug-likeness (QED) is 0.617. The van der Waals surface area contributed by atoms with E-state index in [1.807, 2.05) is 0 Å². The van der Waals surface area contributed by atoms with Gasteiger partial charge in [0.05, 0.1) is 5.02 Å². The lowest BCUT2D eigenvalue weighted by Gasteiger charge is -2.06. The highest BCUT2D eigenvalue weighted by Crippen LogP contribution is 2.26. The Balaban J connectivity index is 2.46. The van der Waals surface area contributed by atoms with Crippen LogP contribution < -0.4 is 5.32 Å². The number of methoxy groups -OCH3 is 1. The lowest BCUT2D eigenvalue weighted by atomic mass is 10.2. The van der Waals surface area contributed by atoms with Crippen LogP contribution in [0.15, 0.2) is 18.2 Å². The van der Waals surface area contributed by atoms with Crippen LogP contribution in [-0.2, 0) is 9.53 Å². The monoisotopic (exact) mass is 243 g/mol. The summed E-state index contributed by atoms with van der Waals surface area (Å²) in [5.41, 5.74) is 0.574. The summed E-state index contributed by atoms with van der Waals surface area (Å²) in [7, 11) is 1.59. The van der Waals surface area contributed by atoms with Gasteiger partial charge in [0.1, 0.15) is 5.75 Å². The molecule has 0 heterocycles. The molecule has 0 saturated heterocycles. The molecule has 0 unspecified atom stereocenters. The number of hydrogen-bond donors (Lipinski definition) is 2. The molecule has 2 N–H and O–H groups in total. The Bertz CT molecular complexity index is 368.